The molecule has 0 saturated heterocycles. The zero-order valence-corrected chi connectivity index (χ0v) is 15.3. The average Bonchev–Trinajstić information content (AvgIpc) is 2.63. The van der Waals surface area contributed by atoms with Crippen LogP contribution in [0.3, 0.4) is 0 Å². The monoisotopic (exact) mass is 347 g/mol. The molecule has 0 bridgehead atoms. The molecule has 0 saturated carbocycles. The summed E-state index contributed by atoms with van der Waals surface area (Å²) in [5.74, 6) is 0.577. The van der Waals surface area contributed by atoms with Crippen molar-refractivity contribution < 1.29 is 0 Å². The highest BCUT2D eigenvalue weighted by Gasteiger charge is 2.06. The van der Waals surface area contributed by atoms with E-state index in [0.29, 0.717) is 5.95 Å². The van der Waals surface area contributed by atoms with E-state index in [1.165, 1.54) is 24.8 Å². The summed E-state index contributed by atoms with van der Waals surface area (Å²) in [7, 11) is 0. The molecule has 0 aliphatic heterocycles. The number of hydrogen-bond donors (Lipinski definition) is 3. The molecule has 3 N–H and O–H groups in total. The van der Waals surface area contributed by atoms with Crippen molar-refractivity contribution in [1.82, 2.24) is 9.97 Å². The van der Waals surface area contributed by atoms with Crippen LogP contribution >= 0.6 is 0 Å². The largest absolute Gasteiger partial charge is 0.326 e. The topological polar surface area (TPSA) is 73.7 Å². The van der Waals surface area contributed by atoms with Gasteiger partial charge in [0, 0.05) is 11.1 Å². The molecular formula is C21H25N5. The van der Waals surface area contributed by atoms with Gasteiger partial charge in [-0.05, 0) is 43.5 Å². The molecule has 3 rings (SSSR count). The van der Waals surface area contributed by atoms with Gasteiger partial charge in [-0.1, -0.05) is 50.1 Å². The Balaban J connectivity index is 1.62. The molecule has 0 aliphatic rings. The fourth-order valence-corrected chi connectivity index (χ4v) is 2.91. The van der Waals surface area contributed by atoms with Gasteiger partial charge in [0.1, 0.15) is 0 Å². The second-order valence-corrected chi connectivity index (χ2v) is 6.43. The quantitative estimate of drug-likeness (QED) is 0.328. The van der Waals surface area contributed by atoms with Crippen LogP contribution < -0.4 is 10.6 Å². The Morgan fingerprint density at radius 3 is 2.50 bits per heavy atom. The van der Waals surface area contributed by atoms with E-state index < -0.39 is 0 Å². The lowest BCUT2D eigenvalue weighted by Crippen LogP contribution is -2.22. The molecule has 1 heterocycles. The van der Waals surface area contributed by atoms with E-state index >= 15 is 0 Å². The Morgan fingerprint density at radius 2 is 1.73 bits per heavy atom. The molecule has 5 heteroatoms. The predicted molar refractivity (Wildman–Crippen MR) is 109 cm³/mol. The van der Waals surface area contributed by atoms with Crippen LogP contribution in [0.15, 0.2) is 48.5 Å². The minimum absolute atomic E-state index is 0.151. The number of benzene rings is 2. The van der Waals surface area contributed by atoms with E-state index in [2.05, 4.69) is 39.7 Å². The number of nitrogens with zero attached hydrogens (tertiary/aromatic N) is 2. The number of unbranched alkanes of at least 4 members (excludes halogenated alkanes) is 2. The second kappa shape index (κ2) is 8.43. The van der Waals surface area contributed by atoms with Gasteiger partial charge in [0.2, 0.25) is 5.95 Å². The van der Waals surface area contributed by atoms with Crippen LogP contribution in [0.1, 0.15) is 37.4 Å². The van der Waals surface area contributed by atoms with Gasteiger partial charge in [-0.15, -0.1) is 0 Å². The van der Waals surface area contributed by atoms with Gasteiger partial charge in [-0.3, -0.25) is 10.7 Å². The minimum Gasteiger partial charge on any atom is -0.326 e. The second-order valence-electron chi connectivity index (χ2n) is 6.43. The lowest BCUT2D eigenvalue weighted by Gasteiger charge is -2.11. The van der Waals surface area contributed by atoms with Crippen molar-refractivity contribution in [2.24, 2.45) is 0 Å². The molecule has 0 aliphatic carbocycles. The number of nitrogens with one attached hydrogen (secondary N) is 3. The third-order valence-corrected chi connectivity index (χ3v) is 4.32. The number of aryl methyl sites for hydroxylation is 2. The highest BCUT2D eigenvalue weighted by Crippen LogP contribution is 2.17. The first-order valence-electron chi connectivity index (χ1n) is 9.10. The number of fused-ring (bicyclic) bond motifs is 1. The summed E-state index contributed by atoms with van der Waals surface area (Å²) in [5, 5.41) is 15.1. The van der Waals surface area contributed by atoms with E-state index in [-0.39, 0.29) is 5.96 Å². The molecule has 0 spiro atoms. The van der Waals surface area contributed by atoms with Crippen LogP contribution in [0.5, 0.6) is 0 Å². The number of aromatic nitrogens is 2. The van der Waals surface area contributed by atoms with E-state index in [9.17, 15) is 0 Å². The smallest absolute Gasteiger partial charge is 0.230 e. The molecular weight excluding hydrogens is 322 g/mol. The molecule has 1 aromatic heterocycles. The first-order valence-corrected chi connectivity index (χ1v) is 9.10. The fourth-order valence-electron chi connectivity index (χ4n) is 2.91. The van der Waals surface area contributed by atoms with E-state index in [1.54, 1.807) is 0 Å². The first kappa shape index (κ1) is 17.9. The number of rotatable bonds is 6. The summed E-state index contributed by atoms with van der Waals surface area (Å²) < 4.78 is 0. The summed E-state index contributed by atoms with van der Waals surface area (Å²) in [5.41, 5.74) is 3.96. The maximum atomic E-state index is 8.13. The Kier molecular flexibility index (Phi) is 5.79. The Labute approximate surface area is 154 Å². The van der Waals surface area contributed by atoms with Crippen molar-refractivity contribution in [2.75, 3.05) is 10.6 Å². The maximum absolute atomic E-state index is 8.13. The third-order valence-electron chi connectivity index (χ3n) is 4.32. The summed E-state index contributed by atoms with van der Waals surface area (Å²) in [6, 6.07) is 16.1. The van der Waals surface area contributed by atoms with Crippen molar-refractivity contribution in [1.29, 1.82) is 5.41 Å². The van der Waals surface area contributed by atoms with Gasteiger partial charge in [-0.2, -0.15) is 0 Å². The SMILES string of the molecule is CCCCCc1ccc(NC(=N)Nc2nc(C)c3ccccc3n2)cc1. The number of hydrogen-bond acceptors (Lipinski definition) is 3. The van der Waals surface area contributed by atoms with Gasteiger partial charge in [0.25, 0.3) is 0 Å². The van der Waals surface area contributed by atoms with Gasteiger partial charge < -0.3 is 5.32 Å². The van der Waals surface area contributed by atoms with Gasteiger partial charge in [0.05, 0.1) is 11.2 Å². The number of anilines is 2. The van der Waals surface area contributed by atoms with Gasteiger partial charge in [-0.25, -0.2) is 9.97 Å². The molecule has 0 amide bonds. The zero-order valence-electron chi connectivity index (χ0n) is 15.3. The molecule has 5 nitrogen and oxygen atoms in total. The molecule has 0 fully saturated rings. The molecule has 134 valence electrons. The molecule has 26 heavy (non-hydrogen) atoms. The highest BCUT2D eigenvalue weighted by atomic mass is 15.2. The lowest BCUT2D eigenvalue weighted by molar-refractivity contribution is 0.717. The van der Waals surface area contributed by atoms with Crippen LogP contribution in [0.4, 0.5) is 11.6 Å². The zero-order chi connectivity index (χ0) is 18.4. The average molecular weight is 347 g/mol. The maximum Gasteiger partial charge on any atom is 0.230 e. The van der Waals surface area contributed by atoms with Crippen molar-refractivity contribution in [3.05, 3.63) is 59.8 Å². The number of guanidine groups is 1. The van der Waals surface area contributed by atoms with E-state index in [0.717, 1.165) is 28.7 Å². The van der Waals surface area contributed by atoms with Gasteiger partial charge in [0.15, 0.2) is 5.96 Å². The van der Waals surface area contributed by atoms with Crippen molar-refractivity contribution in [3.8, 4) is 0 Å². The van der Waals surface area contributed by atoms with Crippen LogP contribution in [0.25, 0.3) is 10.9 Å². The number of para-hydroxylation sites is 1. The Morgan fingerprint density at radius 1 is 0.962 bits per heavy atom. The fraction of sp³-hybridized carbons (Fsp3) is 0.286. The summed E-state index contributed by atoms with van der Waals surface area (Å²) in [6.07, 6.45) is 4.83. The van der Waals surface area contributed by atoms with E-state index in [1.807, 2.05) is 43.3 Å². The van der Waals surface area contributed by atoms with Crippen molar-refractivity contribution in [2.45, 2.75) is 39.5 Å². The lowest BCUT2D eigenvalue weighted by atomic mass is 10.1. The summed E-state index contributed by atoms with van der Waals surface area (Å²) in [4.78, 5) is 8.91. The van der Waals surface area contributed by atoms with Crippen LogP contribution in [0, 0.1) is 12.3 Å². The molecule has 3 aromatic rings. The van der Waals surface area contributed by atoms with Crippen molar-refractivity contribution >= 4 is 28.5 Å². The third kappa shape index (κ3) is 4.57. The Hall–Kier alpha value is -2.95. The minimum atomic E-state index is 0.151. The van der Waals surface area contributed by atoms with Crippen LogP contribution in [-0.2, 0) is 6.42 Å². The molecule has 2 aromatic carbocycles. The normalized spacial score (nSPS) is 10.7. The highest BCUT2D eigenvalue weighted by molar-refractivity contribution is 6.00. The van der Waals surface area contributed by atoms with Crippen LogP contribution in [0.2, 0.25) is 0 Å². The standard InChI is InChI=1S/C21H25N5/c1-3-4-5-8-16-11-13-17(14-12-16)24-20(22)26-21-23-15(2)18-9-6-7-10-19(18)25-21/h6-7,9-14H,3-5,8H2,1-2H3,(H3,22,23,24,25,26). The van der Waals surface area contributed by atoms with Crippen LogP contribution in [-0.4, -0.2) is 15.9 Å². The van der Waals surface area contributed by atoms with Crippen molar-refractivity contribution in [3.63, 3.8) is 0 Å². The molecule has 0 radical (unpaired) electrons. The predicted octanol–water partition coefficient (Wildman–Crippen LogP) is 5.13. The van der Waals surface area contributed by atoms with E-state index in [4.69, 9.17) is 5.41 Å². The van der Waals surface area contributed by atoms with Gasteiger partial charge >= 0.3 is 0 Å². The first-order chi connectivity index (χ1) is 12.7. The molecule has 0 unspecified atom stereocenters. The molecule has 0 atom stereocenters. The summed E-state index contributed by atoms with van der Waals surface area (Å²) >= 11 is 0. The summed E-state index contributed by atoms with van der Waals surface area (Å²) in [6.45, 7) is 4.16. The Bertz CT molecular complexity index is 887.